The van der Waals surface area contributed by atoms with Crippen molar-refractivity contribution in [2.45, 2.75) is 13.0 Å². The van der Waals surface area contributed by atoms with Gasteiger partial charge in [-0.05, 0) is 30.7 Å². The van der Waals surface area contributed by atoms with E-state index >= 15 is 0 Å². The molecule has 0 saturated carbocycles. The molecule has 20 heavy (non-hydrogen) atoms. The van der Waals surface area contributed by atoms with Crippen LogP contribution in [0.25, 0.3) is 0 Å². The summed E-state index contributed by atoms with van der Waals surface area (Å²) in [5.74, 6) is 2.44. The SMILES string of the molecule is COc1ccc(CCNCc2ncnn2C)cc1OC. The van der Waals surface area contributed by atoms with E-state index in [9.17, 15) is 0 Å². The van der Waals surface area contributed by atoms with Gasteiger partial charge in [0.25, 0.3) is 0 Å². The lowest BCUT2D eigenvalue weighted by Gasteiger charge is -2.10. The molecule has 0 aliphatic carbocycles. The van der Waals surface area contributed by atoms with Gasteiger partial charge < -0.3 is 14.8 Å². The molecule has 2 aromatic rings. The lowest BCUT2D eigenvalue weighted by Crippen LogP contribution is -2.19. The Kier molecular flexibility index (Phi) is 4.95. The number of benzene rings is 1. The first-order valence-electron chi connectivity index (χ1n) is 6.49. The summed E-state index contributed by atoms with van der Waals surface area (Å²) in [5, 5.41) is 7.38. The Morgan fingerprint density at radius 2 is 2.00 bits per heavy atom. The van der Waals surface area contributed by atoms with Crippen molar-refractivity contribution in [3.05, 3.63) is 35.9 Å². The fourth-order valence-electron chi connectivity index (χ4n) is 1.95. The Hall–Kier alpha value is -2.08. The second kappa shape index (κ2) is 6.91. The van der Waals surface area contributed by atoms with Crippen molar-refractivity contribution in [1.29, 1.82) is 0 Å². The summed E-state index contributed by atoms with van der Waals surface area (Å²) in [5.41, 5.74) is 1.20. The number of rotatable bonds is 7. The maximum atomic E-state index is 5.29. The Morgan fingerprint density at radius 3 is 2.65 bits per heavy atom. The maximum absolute atomic E-state index is 5.29. The standard InChI is InChI=1S/C14H20N4O2/c1-18-14(16-10-17-18)9-15-7-6-11-4-5-12(19-2)13(8-11)20-3/h4-5,8,10,15H,6-7,9H2,1-3H3. The van der Waals surface area contributed by atoms with Gasteiger partial charge in [0.05, 0.1) is 20.8 Å². The minimum Gasteiger partial charge on any atom is -0.493 e. The van der Waals surface area contributed by atoms with Gasteiger partial charge in [0.1, 0.15) is 12.2 Å². The summed E-state index contributed by atoms with van der Waals surface area (Å²) >= 11 is 0. The maximum Gasteiger partial charge on any atom is 0.160 e. The van der Waals surface area contributed by atoms with E-state index in [0.717, 1.165) is 30.3 Å². The van der Waals surface area contributed by atoms with Crippen LogP contribution in [0.2, 0.25) is 0 Å². The van der Waals surface area contributed by atoms with E-state index in [0.29, 0.717) is 6.54 Å². The summed E-state index contributed by atoms with van der Waals surface area (Å²) in [4.78, 5) is 4.16. The molecule has 0 fully saturated rings. The van der Waals surface area contributed by atoms with E-state index in [1.807, 2.05) is 25.2 Å². The van der Waals surface area contributed by atoms with Gasteiger partial charge >= 0.3 is 0 Å². The molecule has 6 nitrogen and oxygen atoms in total. The highest BCUT2D eigenvalue weighted by Gasteiger charge is 2.04. The minimum absolute atomic E-state index is 0.712. The Morgan fingerprint density at radius 1 is 1.20 bits per heavy atom. The second-order valence-corrected chi connectivity index (χ2v) is 4.42. The zero-order valence-corrected chi connectivity index (χ0v) is 12.1. The minimum atomic E-state index is 0.712. The van der Waals surface area contributed by atoms with Gasteiger partial charge in [-0.2, -0.15) is 5.10 Å². The molecule has 1 N–H and O–H groups in total. The molecule has 0 radical (unpaired) electrons. The molecule has 0 unspecified atom stereocenters. The van der Waals surface area contributed by atoms with Gasteiger partial charge in [-0.1, -0.05) is 6.07 Å². The van der Waals surface area contributed by atoms with Crippen LogP contribution in [0.4, 0.5) is 0 Å². The zero-order valence-electron chi connectivity index (χ0n) is 12.1. The first-order valence-corrected chi connectivity index (χ1v) is 6.49. The second-order valence-electron chi connectivity index (χ2n) is 4.42. The van der Waals surface area contributed by atoms with Crippen molar-refractivity contribution in [1.82, 2.24) is 20.1 Å². The third-order valence-electron chi connectivity index (χ3n) is 3.13. The number of nitrogens with one attached hydrogen (secondary N) is 1. The largest absolute Gasteiger partial charge is 0.493 e. The summed E-state index contributed by atoms with van der Waals surface area (Å²) < 4.78 is 12.3. The van der Waals surface area contributed by atoms with Crippen LogP contribution in [-0.2, 0) is 20.0 Å². The van der Waals surface area contributed by atoms with Crippen LogP contribution in [-0.4, -0.2) is 35.5 Å². The van der Waals surface area contributed by atoms with Crippen LogP contribution in [0.5, 0.6) is 11.5 Å². The van der Waals surface area contributed by atoms with Crippen LogP contribution in [0.1, 0.15) is 11.4 Å². The number of aryl methyl sites for hydroxylation is 1. The first-order chi connectivity index (χ1) is 9.74. The summed E-state index contributed by atoms with van der Waals surface area (Å²) in [6, 6.07) is 5.98. The molecular formula is C14H20N4O2. The molecule has 1 aromatic carbocycles. The van der Waals surface area contributed by atoms with Crippen molar-refractivity contribution < 1.29 is 9.47 Å². The lowest BCUT2D eigenvalue weighted by molar-refractivity contribution is 0.354. The summed E-state index contributed by atoms with van der Waals surface area (Å²) in [7, 11) is 5.17. The van der Waals surface area contributed by atoms with E-state index in [-0.39, 0.29) is 0 Å². The molecule has 0 aliphatic heterocycles. The number of nitrogens with zero attached hydrogens (tertiary/aromatic N) is 3. The van der Waals surface area contributed by atoms with Crippen LogP contribution in [0, 0.1) is 0 Å². The molecule has 0 bridgehead atoms. The molecule has 1 aromatic heterocycles. The normalized spacial score (nSPS) is 10.6. The van der Waals surface area contributed by atoms with Gasteiger partial charge in [0.2, 0.25) is 0 Å². The Bertz CT molecular complexity index is 554. The fraction of sp³-hybridized carbons (Fsp3) is 0.429. The summed E-state index contributed by atoms with van der Waals surface area (Å²) in [6.45, 7) is 1.58. The Labute approximate surface area is 118 Å². The number of methoxy groups -OCH3 is 2. The van der Waals surface area contributed by atoms with Crippen LogP contribution in [0.3, 0.4) is 0 Å². The predicted octanol–water partition coefficient (Wildman–Crippen LogP) is 1.16. The molecule has 1 heterocycles. The van der Waals surface area contributed by atoms with Crippen LogP contribution in [0.15, 0.2) is 24.5 Å². The van der Waals surface area contributed by atoms with Gasteiger partial charge in [0, 0.05) is 7.05 Å². The van der Waals surface area contributed by atoms with Gasteiger partial charge in [-0.15, -0.1) is 0 Å². The number of aromatic nitrogens is 3. The molecule has 6 heteroatoms. The van der Waals surface area contributed by atoms with Gasteiger partial charge in [-0.25, -0.2) is 4.98 Å². The smallest absolute Gasteiger partial charge is 0.160 e. The van der Waals surface area contributed by atoms with Crippen LogP contribution < -0.4 is 14.8 Å². The number of ether oxygens (including phenoxy) is 2. The highest BCUT2D eigenvalue weighted by atomic mass is 16.5. The van der Waals surface area contributed by atoms with Crippen molar-refractivity contribution >= 4 is 0 Å². The van der Waals surface area contributed by atoms with Crippen molar-refractivity contribution in [2.24, 2.45) is 7.05 Å². The van der Waals surface area contributed by atoms with Crippen molar-refractivity contribution in [3.8, 4) is 11.5 Å². The molecule has 0 amide bonds. The predicted molar refractivity (Wildman–Crippen MR) is 76.0 cm³/mol. The molecule has 0 atom stereocenters. The lowest BCUT2D eigenvalue weighted by atomic mass is 10.1. The van der Waals surface area contributed by atoms with Crippen molar-refractivity contribution in [2.75, 3.05) is 20.8 Å². The van der Waals surface area contributed by atoms with E-state index in [4.69, 9.17) is 9.47 Å². The third kappa shape index (κ3) is 3.48. The fourth-order valence-corrected chi connectivity index (χ4v) is 1.95. The average Bonchev–Trinajstić information content (AvgIpc) is 2.88. The monoisotopic (exact) mass is 276 g/mol. The first kappa shape index (κ1) is 14.3. The van der Waals surface area contributed by atoms with Gasteiger partial charge in [-0.3, -0.25) is 4.68 Å². The molecule has 2 rings (SSSR count). The number of hydrogen-bond acceptors (Lipinski definition) is 5. The van der Waals surface area contributed by atoms with E-state index in [1.165, 1.54) is 5.56 Å². The summed E-state index contributed by atoms with van der Waals surface area (Å²) in [6.07, 6.45) is 2.48. The average molecular weight is 276 g/mol. The highest BCUT2D eigenvalue weighted by molar-refractivity contribution is 5.42. The van der Waals surface area contributed by atoms with Gasteiger partial charge in [0.15, 0.2) is 11.5 Å². The van der Waals surface area contributed by atoms with E-state index in [2.05, 4.69) is 15.4 Å². The van der Waals surface area contributed by atoms with Crippen molar-refractivity contribution in [3.63, 3.8) is 0 Å². The molecular weight excluding hydrogens is 256 g/mol. The topological polar surface area (TPSA) is 61.2 Å². The number of hydrogen-bond donors (Lipinski definition) is 1. The quantitative estimate of drug-likeness (QED) is 0.769. The van der Waals surface area contributed by atoms with Crippen LogP contribution >= 0.6 is 0 Å². The zero-order chi connectivity index (χ0) is 14.4. The highest BCUT2D eigenvalue weighted by Crippen LogP contribution is 2.27. The van der Waals surface area contributed by atoms with E-state index in [1.54, 1.807) is 25.2 Å². The molecule has 0 saturated heterocycles. The molecule has 108 valence electrons. The molecule has 0 aliphatic rings. The van der Waals surface area contributed by atoms with E-state index < -0.39 is 0 Å². The third-order valence-corrected chi connectivity index (χ3v) is 3.13. The molecule has 0 spiro atoms. The Balaban J connectivity index is 1.83.